The van der Waals surface area contributed by atoms with Crippen molar-refractivity contribution in [3.63, 3.8) is 0 Å². The quantitative estimate of drug-likeness (QED) is 0.585. The lowest BCUT2D eigenvalue weighted by molar-refractivity contribution is 0.627. The smallest absolute Gasteiger partial charge is 0.0485 e. The minimum absolute atomic E-state index is 0.747. The fourth-order valence-electron chi connectivity index (χ4n) is 2.11. The number of nitrogens with zero attached hydrogens (tertiary/aromatic N) is 1. The van der Waals surface area contributed by atoms with Crippen molar-refractivity contribution in [1.29, 1.82) is 0 Å². The first kappa shape index (κ1) is 9.45. The lowest BCUT2D eigenvalue weighted by atomic mass is 9.90. The molecule has 0 aromatic rings. The van der Waals surface area contributed by atoms with Crippen LogP contribution in [-0.4, -0.2) is 6.21 Å². The number of aliphatic imine (C=N–C) groups is 1. The van der Waals surface area contributed by atoms with E-state index < -0.39 is 0 Å². The van der Waals surface area contributed by atoms with Gasteiger partial charge < -0.3 is 0 Å². The molecule has 2 rings (SSSR count). The first-order chi connectivity index (χ1) is 6.66. The summed E-state index contributed by atoms with van der Waals surface area (Å²) in [5.74, 6) is 0.747. The van der Waals surface area contributed by atoms with Gasteiger partial charge in [0, 0.05) is 18.3 Å². The summed E-state index contributed by atoms with van der Waals surface area (Å²) < 4.78 is 0. The van der Waals surface area contributed by atoms with Gasteiger partial charge in [-0.25, -0.2) is 0 Å². The molecule has 1 aliphatic heterocycles. The normalized spacial score (nSPS) is 20.5. The molecule has 0 unspecified atom stereocenters. The van der Waals surface area contributed by atoms with Gasteiger partial charge in [0.2, 0.25) is 0 Å². The van der Waals surface area contributed by atoms with Gasteiger partial charge in [0.25, 0.3) is 0 Å². The maximum atomic E-state index is 4.41. The Kier molecular flexibility index (Phi) is 2.40. The van der Waals surface area contributed by atoms with Crippen LogP contribution in [0.2, 0.25) is 0 Å². The molecule has 1 heteroatoms. The van der Waals surface area contributed by atoms with Crippen LogP contribution >= 0.6 is 0 Å². The third-order valence-electron chi connectivity index (χ3n) is 2.77. The molecule has 1 aliphatic carbocycles. The van der Waals surface area contributed by atoms with Crippen LogP contribution in [0.15, 0.2) is 40.1 Å². The second-order valence-corrected chi connectivity index (χ2v) is 4.55. The van der Waals surface area contributed by atoms with Crippen molar-refractivity contribution in [3.05, 3.63) is 35.1 Å². The molecular weight excluding hydrogens is 170 g/mol. The highest BCUT2D eigenvalue weighted by molar-refractivity contribution is 5.88. The minimum atomic E-state index is 0.747. The van der Waals surface area contributed by atoms with Crippen LogP contribution < -0.4 is 0 Å². The van der Waals surface area contributed by atoms with E-state index >= 15 is 0 Å². The van der Waals surface area contributed by atoms with E-state index in [0.717, 1.165) is 24.3 Å². The number of hydrogen-bond acceptors (Lipinski definition) is 1. The molecule has 1 heterocycles. The Morgan fingerprint density at radius 3 is 3.00 bits per heavy atom. The van der Waals surface area contributed by atoms with Crippen LogP contribution in [0.5, 0.6) is 0 Å². The summed E-state index contributed by atoms with van der Waals surface area (Å²) in [7, 11) is 0. The highest BCUT2D eigenvalue weighted by atomic mass is 14.8. The van der Waals surface area contributed by atoms with Crippen LogP contribution in [0.4, 0.5) is 0 Å². The average molecular weight is 187 g/mol. The van der Waals surface area contributed by atoms with Crippen molar-refractivity contribution in [1.82, 2.24) is 0 Å². The van der Waals surface area contributed by atoms with Crippen LogP contribution in [0, 0.1) is 5.92 Å². The lowest BCUT2D eigenvalue weighted by Crippen LogP contribution is -1.99. The SMILES string of the molecule is C=C1C=NC2=C1CC=C(CC(C)C)C2. The highest BCUT2D eigenvalue weighted by Crippen LogP contribution is 2.34. The molecular formula is C13H17N. The molecule has 0 radical (unpaired) electrons. The van der Waals surface area contributed by atoms with Crippen molar-refractivity contribution in [3.8, 4) is 0 Å². The maximum Gasteiger partial charge on any atom is 0.0485 e. The third kappa shape index (κ3) is 1.72. The molecule has 0 saturated heterocycles. The van der Waals surface area contributed by atoms with Crippen molar-refractivity contribution < 1.29 is 0 Å². The summed E-state index contributed by atoms with van der Waals surface area (Å²) >= 11 is 0. The van der Waals surface area contributed by atoms with Gasteiger partial charge in [0.1, 0.15) is 0 Å². The van der Waals surface area contributed by atoms with Gasteiger partial charge in [0.15, 0.2) is 0 Å². The van der Waals surface area contributed by atoms with Gasteiger partial charge in [0.05, 0.1) is 0 Å². The first-order valence-corrected chi connectivity index (χ1v) is 5.30. The van der Waals surface area contributed by atoms with E-state index in [1.807, 2.05) is 6.21 Å². The van der Waals surface area contributed by atoms with Crippen LogP contribution in [0.1, 0.15) is 33.1 Å². The topological polar surface area (TPSA) is 12.4 Å². The van der Waals surface area contributed by atoms with Gasteiger partial charge >= 0.3 is 0 Å². The van der Waals surface area contributed by atoms with E-state index in [1.165, 1.54) is 17.7 Å². The first-order valence-electron chi connectivity index (χ1n) is 5.30. The molecule has 74 valence electrons. The van der Waals surface area contributed by atoms with Crippen LogP contribution in [-0.2, 0) is 0 Å². The summed E-state index contributed by atoms with van der Waals surface area (Å²) in [6.07, 6.45) is 7.55. The third-order valence-corrected chi connectivity index (χ3v) is 2.77. The summed E-state index contributed by atoms with van der Waals surface area (Å²) in [4.78, 5) is 4.41. The van der Waals surface area contributed by atoms with Crippen molar-refractivity contribution in [2.75, 3.05) is 0 Å². The predicted octanol–water partition coefficient (Wildman–Crippen LogP) is 3.65. The molecule has 2 aliphatic rings. The molecule has 0 saturated carbocycles. The summed E-state index contributed by atoms with van der Waals surface area (Å²) in [5, 5.41) is 0. The Morgan fingerprint density at radius 1 is 1.50 bits per heavy atom. The molecule has 0 atom stereocenters. The number of hydrogen-bond donors (Lipinski definition) is 0. The molecule has 0 N–H and O–H groups in total. The zero-order valence-corrected chi connectivity index (χ0v) is 9.01. The highest BCUT2D eigenvalue weighted by Gasteiger charge is 2.19. The van der Waals surface area contributed by atoms with Gasteiger partial charge in [-0.3, -0.25) is 4.99 Å². The molecule has 0 spiro atoms. The number of rotatable bonds is 2. The summed E-state index contributed by atoms with van der Waals surface area (Å²) in [6.45, 7) is 8.52. The van der Waals surface area contributed by atoms with Gasteiger partial charge in [-0.1, -0.05) is 32.1 Å². The Morgan fingerprint density at radius 2 is 2.29 bits per heavy atom. The molecule has 0 aromatic carbocycles. The van der Waals surface area contributed by atoms with Crippen LogP contribution in [0.25, 0.3) is 0 Å². The summed E-state index contributed by atoms with van der Waals surface area (Å²) in [6, 6.07) is 0. The van der Waals surface area contributed by atoms with E-state index in [-0.39, 0.29) is 0 Å². The van der Waals surface area contributed by atoms with Gasteiger partial charge in [-0.15, -0.1) is 0 Å². The van der Waals surface area contributed by atoms with E-state index in [1.54, 1.807) is 5.57 Å². The predicted molar refractivity (Wildman–Crippen MR) is 61.4 cm³/mol. The minimum Gasteiger partial charge on any atom is -0.260 e. The van der Waals surface area contributed by atoms with Crippen molar-refractivity contribution in [2.45, 2.75) is 33.1 Å². The van der Waals surface area contributed by atoms with E-state index in [4.69, 9.17) is 0 Å². The molecule has 0 bridgehead atoms. The Labute approximate surface area is 85.9 Å². The Hall–Kier alpha value is -1.11. The molecule has 14 heavy (non-hydrogen) atoms. The van der Waals surface area contributed by atoms with Gasteiger partial charge in [-0.2, -0.15) is 0 Å². The average Bonchev–Trinajstić information content (AvgIpc) is 2.46. The Balaban J connectivity index is 2.08. The monoisotopic (exact) mass is 187 g/mol. The molecule has 0 aromatic heterocycles. The lowest BCUT2D eigenvalue weighted by Gasteiger charge is -2.16. The van der Waals surface area contributed by atoms with E-state index in [0.29, 0.717) is 0 Å². The standard InChI is InChI=1S/C13H17N/c1-9(2)6-11-4-5-12-10(3)8-14-13(12)7-11/h4,8-9H,3,5-7H2,1-2H3. The van der Waals surface area contributed by atoms with Crippen molar-refractivity contribution >= 4 is 6.21 Å². The summed E-state index contributed by atoms with van der Waals surface area (Å²) in [5.41, 5.74) is 5.27. The zero-order chi connectivity index (χ0) is 10.1. The van der Waals surface area contributed by atoms with E-state index in [2.05, 4.69) is 31.5 Å². The van der Waals surface area contributed by atoms with Crippen molar-refractivity contribution in [2.24, 2.45) is 10.9 Å². The second kappa shape index (κ2) is 3.56. The fraction of sp³-hybridized carbons (Fsp3) is 0.462. The molecule has 0 amide bonds. The Bertz CT molecular complexity index is 353. The number of allylic oxidation sites excluding steroid dienone is 4. The maximum absolute atomic E-state index is 4.41. The molecule has 0 fully saturated rings. The molecule has 1 nitrogen and oxygen atoms in total. The van der Waals surface area contributed by atoms with Crippen LogP contribution in [0.3, 0.4) is 0 Å². The second-order valence-electron chi connectivity index (χ2n) is 4.55. The fourth-order valence-corrected chi connectivity index (χ4v) is 2.11. The largest absolute Gasteiger partial charge is 0.260 e. The van der Waals surface area contributed by atoms with Gasteiger partial charge in [-0.05, 0) is 29.9 Å². The zero-order valence-electron chi connectivity index (χ0n) is 9.01. The van der Waals surface area contributed by atoms with E-state index in [9.17, 15) is 0 Å².